The largest absolute Gasteiger partial charge is 0.445 e. The molecule has 11 heteroatoms. The van der Waals surface area contributed by atoms with Gasteiger partial charge in [-0.05, 0) is 69.1 Å². The Hall–Kier alpha value is -3.57. The molecule has 0 heterocycles. The topological polar surface area (TPSA) is 137 Å². The van der Waals surface area contributed by atoms with Gasteiger partial charge in [-0.1, -0.05) is 74.5 Å². The molecule has 0 aliphatic carbocycles. The summed E-state index contributed by atoms with van der Waals surface area (Å²) in [4.78, 5) is 55.7. The maximum Gasteiger partial charge on any atom is 0.408 e. The lowest BCUT2D eigenvalue weighted by Crippen LogP contribution is -2.59. The molecule has 2 aromatic rings. The van der Waals surface area contributed by atoms with Crippen LogP contribution in [0.25, 0.3) is 0 Å². The van der Waals surface area contributed by atoms with Gasteiger partial charge in [-0.15, -0.1) is 0 Å². The molecule has 0 saturated carbocycles. The van der Waals surface area contributed by atoms with Crippen molar-refractivity contribution in [3.05, 3.63) is 71.8 Å². The van der Waals surface area contributed by atoms with Crippen molar-refractivity contribution in [2.75, 3.05) is 18.6 Å². The maximum atomic E-state index is 14.3. The van der Waals surface area contributed by atoms with Crippen molar-refractivity contribution in [2.45, 2.75) is 90.7 Å². The van der Waals surface area contributed by atoms with Gasteiger partial charge >= 0.3 is 6.09 Å². The number of carbonyl (C=O) groups excluding carboxylic acids is 4. The summed E-state index contributed by atoms with van der Waals surface area (Å²) >= 11 is 1.55. The third-order valence-electron chi connectivity index (χ3n) is 6.81. The molecule has 0 bridgehead atoms. The highest BCUT2D eigenvalue weighted by atomic mass is 32.2. The third-order valence-corrected chi connectivity index (χ3v) is 7.46. The second kappa shape index (κ2) is 19.1. The van der Waals surface area contributed by atoms with E-state index in [0.717, 1.165) is 11.1 Å². The molecule has 0 unspecified atom stereocenters. The van der Waals surface area contributed by atoms with E-state index in [0.29, 0.717) is 18.6 Å². The predicted molar refractivity (Wildman–Crippen MR) is 178 cm³/mol. The lowest BCUT2D eigenvalue weighted by molar-refractivity contribution is -0.144. The van der Waals surface area contributed by atoms with Gasteiger partial charge in [0.1, 0.15) is 24.7 Å². The van der Waals surface area contributed by atoms with E-state index in [1.807, 2.05) is 102 Å². The van der Waals surface area contributed by atoms with E-state index in [9.17, 15) is 24.3 Å². The lowest BCUT2D eigenvalue weighted by Gasteiger charge is -2.35. The number of hydrogen-bond acceptors (Lipinski definition) is 7. The summed E-state index contributed by atoms with van der Waals surface area (Å²) in [5, 5.41) is 18.5. The molecule has 45 heavy (non-hydrogen) atoms. The van der Waals surface area contributed by atoms with E-state index >= 15 is 0 Å². The minimum atomic E-state index is -1.11. The molecule has 0 fully saturated rings. The number of aliphatic hydroxyl groups is 1. The van der Waals surface area contributed by atoms with Gasteiger partial charge < -0.3 is 30.7 Å². The van der Waals surface area contributed by atoms with Gasteiger partial charge in [0.25, 0.3) is 0 Å². The number of alkyl carbamates (subject to hydrolysis) is 1. The molecule has 4 amide bonds. The van der Waals surface area contributed by atoms with Crippen LogP contribution in [0, 0.1) is 5.92 Å². The molecule has 2 aromatic carbocycles. The smallest absolute Gasteiger partial charge is 0.408 e. The molecule has 4 N–H and O–H groups in total. The zero-order valence-electron chi connectivity index (χ0n) is 27.4. The number of aliphatic hydroxyl groups excluding tert-OH is 1. The third kappa shape index (κ3) is 13.9. The van der Waals surface area contributed by atoms with Crippen LogP contribution in [0.5, 0.6) is 0 Å². The molecule has 0 aliphatic rings. The van der Waals surface area contributed by atoms with Crippen LogP contribution in [0.15, 0.2) is 60.7 Å². The number of rotatable bonds is 17. The Balaban J connectivity index is 2.39. The first-order valence-corrected chi connectivity index (χ1v) is 16.8. The summed E-state index contributed by atoms with van der Waals surface area (Å²) in [6.07, 6.45) is 1.78. The Kier molecular flexibility index (Phi) is 15.9. The van der Waals surface area contributed by atoms with Crippen molar-refractivity contribution in [3.63, 3.8) is 0 Å². The Morgan fingerprint density at radius 1 is 0.867 bits per heavy atom. The van der Waals surface area contributed by atoms with Gasteiger partial charge in [-0.25, -0.2) is 4.79 Å². The second-order valence-electron chi connectivity index (χ2n) is 12.4. The number of nitrogens with one attached hydrogen (secondary N) is 3. The molecule has 0 radical (unpaired) electrons. The van der Waals surface area contributed by atoms with E-state index in [-0.39, 0.29) is 38.0 Å². The van der Waals surface area contributed by atoms with E-state index in [2.05, 4.69) is 16.0 Å². The standard InChI is InChI=1S/C34H50N4O6S/c1-24(2)21-28(36-33(43)44-23-26-15-11-8-12-16-26)32(42)38(22-25-13-9-7-10-14-25)29(17-19-39)31(41)35-27(18-20-45-6)30(40)37-34(3,4)5/h7-16,24,27-29,39H,17-23H2,1-6H3,(H,35,41)(H,36,43)(H,37,40)/t27-,28-,29-/m0/s1. The lowest BCUT2D eigenvalue weighted by atomic mass is 10.00. The fraction of sp³-hybridized carbons (Fsp3) is 0.529. The van der Waals surface area contributed by atoms with E-state index < -0.39 is 41.6 Å². The Bertz CT molecular complexity index is 1210. The molecule has 0 aromatic heterocycles. The summed E-state index contributed by atoms with van der Waals surface area (Å²) in [5.74, 6) is -0.718. The van der Waals surface area contributed by atoms with Crippen molar-refractivity contribution in [1.82, 2.24) is 20.9 Å². The van der Waals surface area contributed by atoms with Gasteiger partial charge in [-0.2, -0.15) is 11.8 Å². The molecule has 248 valence electrons. The maximum absolute atomic E-state index is 14.3. The molecule has 3 atom stereocenters. The Morgan fingerprint density at radius 3 is 2.00 bits per heavy atom. The van der Waals surface area contributed by atoms with Crippen LogP contribution in [0.2, 0.25) is 0 Å². The molecule has 0 saturated heterocycles. The van der Waals surface area contributed by atoms with Crippen molar-refractivity contribution < 1.29 is 29.0 Å². The minimum Gasteiger partial charge on any atom is -0.445 e. The molecular formula is C34H50N4O6S. The van der Waals surface area contributed by atoms with Crippen LogP contribution in [-0.2, 0) is 32.3 Å². The number of hydrogen-bond donors (Lipinski definition) is 4. The van der Waals surface area contributed by atoms with Crippen molar-refractivity contribution >= 4 is 35.6 Å². The fourth-order valence-electron chi connectivity index (χ4n) is 4.70. The van der Waals surface area contributed by atoms with Crippen molar-refractivity contribution in [2.24, 2.45) is 5.92 Å². The van der Waals surface area contributed by atoms with Crippen LogP contribution >= 0.6 is 11.8 Å². The molecule has 0 aliphatic heterocycles. The predicted octanol–water partition coefficient (Wildman–Crippen LogP) is 4.26. The van der Waals surface area contributed by atoms with Gasteiger partial charge in [0.15, 0.2) is 0 Å². The molecule has 2 rings (SSSR count). The number of carbonyl (C=O) groups is 4. The highest BCUT2D eigenvalue weighted by Gasteiger charge is 2.36. The monoisotopic (exact) mass is 642 g/mol. The Morgan fingerprint density at radius 2 is 1.47 bits per heavy atom. The number of benzene rings is 2. The van der Waals surface area contributed by atoms with Gasteiger partial charge in [-0.3, -0.25) is 14.4 Å². The van der Waals surface area contributed by atoms with Crippen molar-refractivity contribution in [3.8, 4) is 0 Å². The first-order valence-electron chi connectivity index (χ1n) is 15.4. The minimum absolute atomic E-state index is 0.0223. The zero-order chi connectivity index (χ0) is 33.4. The van der Waals surface area contributed by atoms with Crippen LogP contribution in [0.3, 0.4) is 0 Å². The van der Waals surface area contributed by atoms with Gasteiger partial charge in [0.05, 0.1) is 0 Å². The van der Waals surface area contributed by atoms with E-state index in [4.69, 9.17) is 4.74 Å². The van der Waals surface area contributed by atoms with Gasteiger partial charge in [0.2, 0.25) is 17.7 Å². The van der Waals surface area contributed by atoms with E-state index in [1.54, 1.807) is 11.8 Å². The summed E-state index contributed by atoms with van der Waals surface area (Å²) in [6.45, 7) is 9.16. The van der Waals surface area contributed by atoms with Crippen LogP contribution in [0.1, 0.15) is 65.0 Å². The SMILES string of the molecule is CSCC[C@H](NC(=O)[C@H](CCO)N(Cc1ccccc1)C(=O)[C@H](CC(C)C)NC(=O)OCc1ccccc1)C(=O)NC(C)(C)C. The summed E-state index contributed by atoms with van der Waals surface area (Å²) < 4.78 is 5.41. The van der Waals surface area contributed by atoms with Crippen LogP contribution in [-0.4, -0.2) is 76.1 Å². The first-order chi connectivity index (χ1) is 21.3. The average Bonchev–Trinajstić information content (AvgIpc) is 2.99. The van der Waals surface area contributed by atoms with Crippen LogP contribution < -0.4 is 16.0 Å². The molecule has 10 nitrogen and oxygen atoms in total. The summed E-state index contributed by atoms with van der Waals surface area (Å²) in [5.41, 5.74) is 1.06. The average molecular weight is 643 g/mol. The molecular weight excluding hydrogens is 592 g/mol. The second-order valence-corrected chi connectivity index (χ2v) is 13.4. The summed E-state index contributed by atoms with van der Waals surface area (Å²) in [7, 11) is 0. The first kappa shape index (κ1) is 37.6. The van der Waals surface area contributed by atoms with E-state index in [1.165, 1.54) is 4.90 Å². The Labute approximate surface area is 272 Å². The zero-order valence-corrected chi connectivity index (χ0v) is 28.2. The quantitative estimate of drug-likeness (QED) is 0.202. The number of nitrogens with zero attached hydrogens (tertiary/aromatic N) is 1. The summed E-state index contributed by atoms with van der Waals surface area (Å²) in [6, 6.07) is 15.5. The number of thioether (sulfide) groups is 1. The highest BCUT2D eigenvalue weighted by molar-refractivity contribution is 7.98. The van der Waals surface area contributed by atoms with Gasteiger partial charge in [0, 0.05) is 18.7 Å². The molecule has 0 spiro atoms. The highest BCUT2D eigenvalue weighted by Crippen LogP contribution is 2.18. The fourth-order valence-corrected chi connectivity index (χ4v) is 5.17. The normalized spacial score (nSPS) is 13.3. The number of ether oxygens (including phenoxy) is 1. The van der Waals surface area contributed by atoms with Crippen LogP contribution in [0.4, 0.5) is 4.79 Å². The number of amides is 4. The van der Waals surface area contributed by atoms with Crippen molar-refractivity contribution in [1.29, 1.82) is 0 Å².